The van der Waals surface area contributed by atoms with E-state index in [9.17, 15) is 9.90 Å². The number of aliphatic hydroxyl groups is 1. The molecule has 0 aromatic heterocycles. The fraction of sp³-hybridized carbons (Fsp3) is 0.400. The van der Waals surface area contributed by atoms with Gasteiger partial charge in [-0.3, -0.25) is 4.79 Å². The molecule has 2 aliphatic rings. The maximum atomic E-state index is 11.6. The summed E-state index contributed by atoms with van der Waals surface area (Å²) in [6.07, 6.45) is 19.7. The number of Topliss-reactive ketones (excluding diaryl/α,β-unsaturated/α-hetero) is 1. The Morgan fingerprint density at radius 1 is 1.15 bits per heavy atom. The molecule has 2 heteroatoms. The lowest BCUT2D eigenvalue weighted by Crippen LogP contribution is -2.19. The van der Waals surface area contributed by atoms with Crippen LogP contribution in [0.15, 0.2) is 82.2 Å². The third kappa shape index (κ3) is 5.82. The number of carbonyl (C=O) groups is 1. The summed E-state index contributed by atoms with van der Waals surface area (Å²) >= 11 is 0. The van der Waals surface area contributed by atoms with Crippen LogP contribution in [0.3, 0.4) is 0 Å². The maximum absolute atomic E-state index is 11.6. The highest BCUT2D eigenvalue weighted by Gasteiger charge is 2.26. The molecule has 2 nitrogen and oxygen atoms in total. The lowest BCUT2D eigenvalue weighted by atomic mass is 9.72. The van der Waals surface area contributed by atoms with Crippen molar-refractivity contribution in [2.24, 2.45) is 5.41 Å². The SMILES string of the molecule is CC1=C(/C=C/C(C)=C/C=C/C(C)=C/C=C2/C(=O)CC=C2O)C(C)(C)CCC1. The van der Waals surface area contributed by atoms with Crippen LogP contribution in [0.4, 0.5) is 0 Å². The van der Waals surface area contributed by atoms with Crippen molar-refractivity contribution in [1.82, 2.24) is 0 Å². The van der Waals surface area contributed by atoms with E-state index in [-0.39, 0.29) is 17.0 Å². The molecule has 0 radical (unpaired) electrons. The van der Waals surface area contributed by atoms with Crippen LogP contribution in [0.25, 0.3) is 0 Å². The molecule has 0 saturated heterocycles. The summed E-state index contributed by atoms with van der Waals surface area (Å²) in [5.74, 6) is 0.0563. The third-order valence-electron chi connectivity index (χ3n) is 5.34. The molecule has 0 atom stereocenters. The van der Waals surface area contributed by atoms with Gasteiger partial charge < -0.3 is 5.11 Å². The minimum atomic E-state index is -0.0309. The Morgan fingerprint density at radius 2 is 1.85 bits per heavy atom. The van der Waals surface area contributed by atoms with E-state index in [4.69, 9.17) is 0 Å². The summed E-state index contributed by atoms with van der Waals surface area (Å²) in [5, 5.41) is 9.65. The molecular formula is C25H32O2. The number of hydrogen-bond donors (Lipinski definition) is 1. The monoisotopic (exact) mass is 364 g/mol. The van der Waals surface area contributed by atoms with Gasteiger partial charge in [0.25, 0.3) is 0 Å². The molecule has 2 aliphatic carbocycles. The van der Waals surface area contributed by atoms with Gasteiger partial charge in [-0.15, -0.1) is 0 Å². The van der Waals surface area contributed by atoms with Gasteiger partial charge in [0.05, 0.1) is 5.57 Å². The van der Waals surface area contributed by atoms with Crippen LogP contribution in [0.2, 0.25) is 0 Å². The van der Waals surface area contributed by atoms with Crippen LogP contribution in [-0.4, -0.2) is 10.9 Å². The number of allylic oxidation sites excluding steroid dienone is 13. The fourth-order valence-corrected chi connectivity index (χ4v) is 3.63. The summed E-state index contributed by atoms with van der Waals surface area (Å²) in [7, 11) is 0. The lowest BCUT2D eigenvalue weighted by molar-refractivity contribution is -0.114. The Hall–Kier alpha value is -2.35. The summed E-state index contributed by atoms with van der Waals surface area (Å²) < 4.78 is 0. The molecule has 0 spiro atoms. The molecule has 0 amide bonds. The van der Waals surface area contributed by atoms with E-state index in [1.54, 1.807) is 12.2 Å². The highest BCUT2D eigenvalue weighted by molar-refractivity contribution is 6.03. The number of rotatable bonds is 5. The standard InChI is InChI=1S/C25H32O2/c1-18(11-13-21-23(26)15-16-24(21)27)8-6-9-19(2)12-14-22-20(3)10-7-17-25(22,4)5/h6,8-9,11-15,26H,7,10,16-17H2,1-5H3/b8-6+,14-12+,18-11+,19-9+,21-13+. The molecule has 27 heavy (non-hydrogen) atoms. The molecule has 0 heterocycles. The predicted octanol–water partition coefficient (Wildman–Crippen LogP) is 6.86. The van der Waals surface area contributed by atoms with Crippen molar-refractivity contribution in [3.8, 4) is 0 Å². The third-order valence-corrected chi connectivity index (χ3v) is 5.34. The molecule has 0 aliphatic heterocycles. The van der Waals surface area contributed by atoms with Crippen molar-refractivity contribution in [2.75, 3.05) is 0 Å². The molecule has 0 aromatic carbocycles. The van der Waals surface area contributed by atoms with E-state index in [1.807, 2.05) is 25.2 Å². The smallest absolute Gasteiger partial charge is 0.170 e. The van der Waals surface area contributed by atoms with Gasteiger partial charge in [-0.25, -0.2) is 0 Å². The first-order valence-corrected chi connectivity index (χ1v) is 9.75. The normalized spacial score (nSPS) is 23.2. The van der Waals surface area contributed by atoms with Crippen molar-refractivity contribution in [3.05, 3.63) is 82.2 Å². The lowest BCUT2D eigenvalue weighted by Gasteiger charge is -2.32. The molecule has 144 valence electrons. The number of hydrogen-bond acceptors (Lipinski definition) is 2. The van der Waals surface area contributed by atoms with Gasteiger partial charge in [-0.1, -0.05) is 67.0 Å². The zero-order valence-corrected chi connectivity index (χ0v) is 17.3. The average molecular weight is 365 g/mol. The van der Waals surface area contributed by atoms with Crippen molar-refractivity contribution >= 4 is 5.78 Å². The van der Waals surface area contributed by atoms with Crippen molar-refractivity contribution in [2.45, 2.75) is 60.3 Å². The summed E-state index contributed by atoms with van der Waals surface area (Å²) in [6, 6.07) is 0. The Kier molecular flexibility index (Phi) is 7.01. The van der Waals surface area contributed by atoms with Gasteiger partial charge in [-0.2, -0.15) is 0 Å². The summed E-state index contributed by atoms with van der Waals surface area (Å²) in [6.45, 7) is 11.0. The van der Waals surface area contributed by atoms with Crippen LogP contribution < -0.4 is 0 Å². The Morgan fingerprint density at radius 3 is 2.48 bits per heavy atom. The Labute approximate surface area is 164 Å². The average Bonchev–Trinajstić information content (AvgIpc) is 2.90. The molecule has 0 saturated carbocycles. The summed E-state index contributed by atoms with van der Waals surface area (Å²) in [4.78, 5) is 11.6. The largest absolute Gasteiger partial charge is 0.508 e. The van der Waals surface area contributed by atoms with Crippen LogP contribution in [0.1, 0.15) is 60.3 Å². The zero-order valence-electron chi connectivity index (χ0n) is 17.3. The maximum Gasteiger partial charge on any atom is 0.170 e. The van der Waals surface area contributed by atoms with Crippen LogP contribution in [0, 0.1) is 5.41 Å². The van der Waals surface area contributed by atoms with Gasteiger partial charge in [-0.05, 0) is 63.2 Å². The first kappa shape index (κ1) is 21.0. The minimum Gasteiger partial charge on any atom is -0.508 e. The molecule has 0 aromatic rings. The predicted molar refractivity (Wildman–Crippen MR) is 115 cm³/mol. The number of carbonyl (C=O) groups excluding carboxylic acids is 1. The minimum absolute atomic E-state index is 0.0309. The van der Waals surface area contributed by atoms with Crippen molar-refractivity contribution < 1.29 is 9.90 Å². The van der Waals surface area contributed by atoms with Crippen molar-refractivity contribution in [3.63, 3.8) is 0 Å². The molecule has 0 bridgehead atoms. The van der Waals surface area contributed by atoms with Gasteiger partial charge in [0, 0.05) is 6.42 Å². The van der Waals surface area contributed by atoms with Crippen molar-refractivity contribution in [1.29, 1.82) is 0 Å². The second kappa shape index (κ2) is 9.03. The van der Waals surface area contributed by atoms with E-state index in [2.05, 4.69) is 45.9 Å². The second-order valence-electron chi connectivity index (χ2n) is 8.24. The molecular weight excluding hydrogens is 332 g/mol. The quantitative estimate of drug-likeness (QED) is 0.427. The number of ketones is 1. The second-order valence-corrected chi connectivity index (χ2v) is 8.24. The van der Waals surface area contributed by atoms with Crippen LogP contribution in [-0.2, 0) is 4.79 Å². The van der Waals surface area contributed by atoms with E-state index in [1.165, 1.54) is 36.0 Å². The van der Waals surface area contributed by atoms with E-state index in [0.717, 1.165) is 5.57 Å². The van der Waals surface area contributed by atoms with Gasteiger partial charge in [0.2, 0.25) is 0 Å². The zero-order chi connectivity index (χ0) is 20.0. The van der Waals surface area contributed by atoms with Crippen LogP contribution in [0.5, 0.6) is 0 Å². The van der Waals surface area contributed by atoms with E-state index < -0.39 is 0 Å². The summed E-state index contributed by atoms with van der Waals surface area (Å²) in [5.41, 5.74) is 5.87. The van der Waals surface area contributed by atoms with Gasteiger partial charge >= 0.3 is 0 Å². The van der Waals surface area contributed by atoms with Gasteiger partial charge in [0.1, 0.15) is 5.76 Å². The topological polar surface area (TPSA) is 37.3 Å². The van der Waals surface area contributed by atoms with Gasteiger partial charge in [0.15, 0.2) is 5.78 Å². The highest BCUT2D eigenvalue weighted by Crippen LogP contribution is 2.40. The molecule has 1 N–H and O–H groups in total. The first-order valence-electron chi connectivity index (χ1n) is 9.75. The van der Waals surface area contributed by atoms with E-state index in [0.29, 0.717) is 12.0 Å². The molecule has 2 rings (SSSR count). The fourth-order valence-electron chi connectivity index (χ4n) is 3.63. The Bertz CT molecular complexity index is 805. The van der Waals surface area contributed by atoms with Crippen LogP contribution >= 0.6 is 0 Å². The first-order chi connectivity index (χ1) is 12.7. The highest BCUT2D eigenvalue weighted by atomic mass is 16.3. The van der Waals surface area contributed by atoms with E-state index >= 15 is 0 Å². The Balaban J connectivity index is 2.02. The molecule has 0 unspecified atom stereocenters. The number of aliphatic hydroxyl groups excluding tert-OH is 1. The molecule has 0 fully saturated rings.